The van der Waals surface area contributed by atoms with Crippen LogP contribution in [0.2, 0.25) is 0 Å². The van der Waals surface area contributed by atoms with Gasteiger partial charge in [0.2, 0.25) is 0 Å². The fraction of sp³-hybridized carbons (Fsp3) is 0. The van der Waals surface area contributed by atoms with Crippen LogP contribution in [0.1, 0.15) is 0 Å². The fourth-order valence-electron chi connectivity index (χ4n) is 3.35. The lowest BCUT2D eigenvalue weighted by atomic mass is 10.0. The fourth-order valence-corrected chi connectivity index (χ4v) is 3.61. The van der Waals surface area contributed by atoms with Gasteiger partial charge in [0.25, 0.3) is 0 Å². The van der Waals surface area contributed by atoms with E-state index in [1.807, 2.05) is 42.5 Å². The van der Waals surface area contributed by atoms with Crippen LogP contribution in [0, 0.1) is 0 Å². The largest absolute Gasteiger partial charge is 0.252 e. The summed E-state index contributed by atoms with van der Waals surface area (Å²) in [5.41, 5.74) is 6.85. The number of nitrogens with zero attached hydrogens (tertiary/aromatic N) is 3. The lowest BCUT2D eigenvalue weighted by Gasteiger charge is -2.09. The molecule has 0 aliphatic heterocycles. The molecule has 138 valence electrons. The SMILES string of the molecule is Brc1ccc(-c2nc(-c3ccc(-c4ccccc4)cc3)c3ncccc3n2)cc1. The van der Waals surface area contributed by atoms with Crippen molar-refractivity contribution >= 4 is 27.0 Å². The van der Waals surface area contributed by atoms with Crippen LogP contribution in [0.15, 0.2) is 102 Å². The first kappa shape index (κ1) is 17.7. The second kappa shape index (κ2) is 7.57. The van der Waals surface area contributed by atoms with Crippen LogP contribution in [-0.4, -0.2) is 15.0 Å². The smallest absolute Gasteiger partial charge is 0.160 e. The highest BCUT2D eigenvalue weighted by Crippen LogP contribution is 2.30. The van der Waals surface area contributed by atoms with Gasteiger partial charge in [-0.2, -0.15) is 0 Å². The molecule has 0 saturated heterocycles. The van der Waals surface area contributed by atoms with Crippen molar-refractivity contribution in [2.75, 3.05) is 0 Å². The minimum atomic E-state index is 0.695. The van der Waals surface area contributed by atoms with Gasteiger partial charge in [0.15, 0.2) is 5.82 Å². The summed E-state index contributed by atoms with van der Waals surface area (Å²) in [6.45, 7) is 0. The molecule has 29 heavy (non-hydrogen) atoms. The molecule has 0 aliphatic rings. The molecule has 0 saturated carbocycles. The number of fused-ring (bicyclic) bond motifs is 1. The third-order valence-electron chi connectivity index (χ3n) is 4.82. The Morgan fingerprint density at radius 1 is 0.552 bits per heavy atom. The molecule has 0 spiro atoms. The zero-order valence-corrected chi connectivity index (χ0v) is 17.0. The second-order valence-corrected chi connectivity index (χ2v) is 7.63. The first-order valence-electron chi connectivity index (χ1n) is 9.32. The molecular formula is C25H16BrN3. The Bertz CT molecular complexity index is 1280. The number of hydrogen-bond donors (Lipinski definition) is 0. The summed E-state index contributed by atoms with van der Waals surface area (Å²) in [5.74, 6) is 0.695. The van der Waals surface area contributed by atoms with Gasteiger partial charge in [0.1, 0.15) is 11.2 Å². The van der Waals surface area contributed by atoms with Crippen molar-refractivity contribution in [3.63, 3.8) is 0 Å². The van der Waals surface area contributed by atoms with E-state index in [9.17, 15) is 0 Å². The summed E-state index contributed by atoms with van der Waals surface area (Å²) in [6.07, 6.45) is 1.78. The number of benzene rings is 3. The van der Waals surface area contributed by atoms with Crippen LogP contribution in [0.3, 0.4) is 0 Å². The van der Waals surface area contributed by atoms with E-state index in [0.29, 0.717) is 5.82 Å². The van der Waals surface area contributed by atoms with Gasteiger partial charge in [-0.1, -0.05) is 82.7 Å². The number of aromatic nitrogens is 3. The Labute approximate surface area is 177 Å². The first-order valence-corrected chi connectivity index (χ1v) is 10.1. The molecule has 0 fully saturated rings. The van der Waals surface area contributed by atoms with E-state index in [4.69, 9.17) is 9.97 Å². The van der Waals surface area contributed by atoms with Crippen LogP contribution in [0.25, 0.3) is 44.8 Å². The predicted octanol–water partition coefficient (Wildman–Crippen LogP) is 6.79. The quantitative estimate of drug-likeness (QED) is 0.311. The van der Waals surface area contributed by atoms with Crippen molar-refractivity contribution in [1.82, 2.24) is 15.0 Å². The van der Waals surface area contributed by atoms with Crippen molar-refractivity contribution in [3.05, 3.63) is 102 Å². The maximum atomic E-state index is 4.88. The van der Waals surface area contributed by atoms with Gasteiger partial charge in [0.05, 0.1) is 5.52 Å². The van der Waals surface area contributed by atoms with Crippen molar-refractivity contribution in [2.24, 2.45) is 0 Å². The number of halogens is 1. The van der Waals surface area contributed by atoms with E-state index in [1.54, 1.807) is 6.20 Å². The van der Waals surface area contributed by atoms with E-state index < -0.39 is 0 Å². The highest BCUT2D eigenvalue weighted by Gasteiger charge is 2.12. The standard InChI is InChI=1S/C25H16BrN3/c26-21-14-12-20(13-15-21)25-28-22-7-4-16-27-24(22)23(29-25)19-10-8-18(9-11-19)17-5-2-1-3-6-17/h1-16H. The third kappa shape index (κ3) is 3.55. The Balaban J connectivity index is 1.64. The van der Waals surface area contributed by atoms with E-state index in [1.165, 1.54) is 11.1 Å². The number of hydrogen-bond acceptors (Lipinski definition) is 3. The molecule has 0 N–H and O–H groups in total. The average Bonchev–Trinajstić information content (AvgIpc) is 2.79. The monoisotopic (exact) mass is 437 g/mol. The zero-order chi connectivity index (χ0) is 19.6. The van der Waals surface area contributed by atoms with Gasteiger partial charge >= 0.3 is 0 Å². The number of rotatable bonds is 3. The van der Waals surface area contributed by atoms with Crippen LogP contribution >= 0.6 is 15.9 Å². The molecule has 3 nitrogen and oxygen atoms in total. The second-order valence-electron chi connectivity index (χ2n) is 6.72. The molecule has 5 rings (SSSR count). The molecule has 3 aromatic carbocycles. The molecule has 0 unspecified atom stereocenters. The molecule has 2 heterocycles. The minimum Gasteiger partial charge on any atom is -0.252 e. The van der Waals surface area contributed by atoms with Gasteiger partial charge < -0.3 is 0 Å². The molecule has 0 radical (unpaired) electrons. The molecule has 0 atom stereocenters. The summed E-state index contributed by atoms with van der Waals surface area (Å²) in [4.78, 5) is 14.2. The molecule has 5 aromatic rings. The molecular weight excluding hydrogens is 422 g/mol. The van der Waals surface area contributed by atoms with Crippen LogP contribution < -0.4 is 0 Å². The maximum Gasteiger partial charge on any atom is 0.160 e. The summed E-state index contributed by atoms with van der Waals surface area (Å²) < 4.78 is 1.03. The predicted molar refractivity (Wildman–Crippen MR) is 121 cm³/mol. The Kier molecular flexibility index (Phi) is 4.62. The average molecular weight is 438 g/mol. The molecule has 4 heteroatoms. The van der Waals surface area contributed by atoms with E-state index in [2.05, 4.69) is 69.4 Å². The van der Waals surface area contributed by atoms with Gasteiger partial charge in [0, 0.05) is 21.8 Å². The third-order valence-corrected chi connectivity index (χ3v) is 5.35. The Morgan fingerprint density at radius 3 is 1.97 bits per heavy atom. The molecule has 0 bridgehead atoms. The van der Waals surface area contributed by atoms with E-state index >= 15 is 0 Å². The Hall–Kier alpha value is -3.37. The zero-order valence-electron chi connectivity index (χ0n) is 15.5. The van der Waals surface area contributed by atoms with Crippen molar-refractivity contribution in [3.8, 4) is 33.8 Å². The summed E-state index contributed by atoms with van der Waals surface area (Å²) in [5, 5.41) is 0. The van der Waals surface area contributed by atoms with E-state index in [-0.39, 0.29) is 0 Å². The molecule has 0 aliphatic carbocycles. The van der Waals surface area contributed by atoms with Gasteiger partial charge in [-0.15, -0.1) is 0 Å². The maximum absolute atomic E-state index is 4.88. The number of pyridine rings is 1. The van der Waals surface area contributed by atoms with Crippen LogP contribution in [0.5, 0.6) is 0 Å². The lowest BCUT2D eigenvalue weighted by Crippen LogP contribution is -1.96. The molecule has 2 aromatic heterocycles. The summed E-state index contributed by atoms with van der Waals surface area (Å²) >= 11 is 3.48. The van der Waals surface area contributed by atoms with Gasteiger partial charge in [-0.05, 0) is 35.4 Å². The van der Waals surface area contributed by atoms with Gasteiger partial charge in [-0.25, -0.2) is 9.97 Å². The minimum absolute atomic E-state index is 0.695. The Morgan fingerprint density at radius 2 is 1.21 bits per heavy atom. The van der Waals surface area contributed by atoms with Crippen LogP contribution in [-0.2, 0) is 0 Å². The van der Waals surface area contributed by atoms with Gasteiger partial charge in [-0.3, -0.25) is 4.98 Å². The first-order chi connectivity index (χ1) is 14.3. The van der Waals surface area contributed by atoms with Crippen molar-refractivity contribution in [1.29, 1.82) is 0 Å². The summed E-state index contributed by atoms with van der Waals surface area (Å²) in [6, 6.07) is 30.7. The lowest BCUT2D eigenvalue weighted by molar-refractivity contribution is 1.20. The van der Waals surface area contributed by atoms with E-state index in [0.717, 1.165) is 32.3 Å². The van der Waals surface area contributed by atoms with Crippen molar-refractivity contribution in [2.45, 2.75) is 0 Å². The molecule has 0 amide bonds. The summed E-state index contributed by atoms with van der Waals surface area (Å²) in [7, 11) is 0. The van der Waals surface area contributed by atoms with Crippen LogP contribution in [0.4, 0.5) is 0 Å². The highest BCUT2D eigenvalue weighted by molar-refractivity contribution is 9.10. The normalized spacial score (nSPS) is 10.9. The van der Waals surface area contributed by atoms with Crippen molar-refractivity contribution < 1.29 is 0 Å². The highest BCUT2D eigenvalue weighted by atomic mass is 79.9. The topological polar surface area (TPSA) is 38.7 Å².